The van der Waals surface area contributed by atoms with Crippen LogP contribution < -0.4 is 5.43 Å². The highest BCUT2D eigenvalue weighted by Crippen LogP contribution is 2.27. The molecule has 0 saturated carbocycles. The highest BCUT2D eigenvalue weighted by atomic mass is 35.5. The van der Waals surface area contributed by atoms with E-state index in [1.807, 2.05) is 17.1 Å². The van der Waals surface area contributed by atoms with Crippen LogP contribution in [-0.2, 0) is 12.8 Å². The molecule has 2 aromatic carbocycles. The molecular formula is C23H22Cl4N4O. The largest absolute Gasteiger partial charge is 0.337 e. The summed E-state index contributed by atoms with van der Waals surface area (Å²) in [6.45, 7) is 1.68. The number of amides is 1. The first-order chi connectivity index (χ1) is 15.4. The van der Waals surface area contributed by atoms with Crippen LogP contribution in [0.3, 0.4) is 0 Å². The van der Waals surface area contributed by atoms with E-state index in [0.29, 0.717) is 32.9 Å². The quantitative estimate of drug-likeness (QED) is 0.406. The van der Waals surface area contributed by atoms with Gasteiger partial charge in [0.25, 0.3) is 0 Å². The Morgan fingerprint density at radius 1 is 0.906 bits per heavy atom. The summed E-state index contributed by atoms with van der Waals surface area (Å²) in [4.78, 5) is 20.7. The van der Waals surface area contributed by atoms with Crippen LogP contribution in [0.1, 0.15) is 52.4 Å². The van der Waals surface area contributed by atoms with E-state index in [9.17, 15) is 4.79 Å². The molecule has 168 valence electrons. The minimum atomic E-state index is -0.260. The van der Waals surface area contributed by atoms with E-state index in [4.69, 9.17) is 46.4 Å². The number of carbonyl (C=O) groups excluding carboxylic acids is 1. The molecule has 3 aromatic rings. The predicted molar refractivity (Wildman–Crippen MR) is 130 cm³/mol. The predicted octanol–water partition coefficient (Wildman–Crippen LogP) is 6.34. The van der Waals surface area contributed by atoms with Crippen molar-refractivity contribution in [2.24, 2.45) is 0 Å². The highest BCUT2D eigenvalue weighted by Gasteiger charge is 2.21. The number of aromatic nitrogens is 2. The number of hydrazine groups is 1. The lowest BCUT2D eigenvalue weighted by atomic mass is 10.0. The third-order valence-electron chi connectivity index (χ3n) is 5.45. The second kappa shape index (κ2) is 10.4. The number of imidazole rings is 1. The Morgan fingerprint density at radius 2 is 1.50 bits per heavy atom. The van der Waals surface area contributed by atoms with Gasteiger partial charge in [-0.3, -0.25) is 10.2 Å². The van der Waals surface area contributed by atoms with Crippen molar-refractivity contribution >= 4 is 52.3 Å². The van der Waals surface area contributed by atoms with Gasteiger partial charge in [0, 0.05) is 51.7 Å². The van der Waals surface area contributed by atoms with Gasteiger partial charge in [0.15, 0.2) is 5.82 Å². The first-order valence-corrected chi connectivity index (χ1v) is 11.9. The summed E-state index contributed by atoms with van der Waals surface area (Å²) in [5.41, 5.74) is 6.23. The molecule has 0 aliphatic carbocycles. The minimum absolute atomic E-state index is 0.260. The maximum absolute atomic E-state index is 12.9. The smallest absolute Gasteiger partial charge is 0.301 e. The zero-order valence-electron chi connectivity index (χ0n) is 17.2. The van der Waals surface area contributed by atoms with Gasteiger partial charge in [0.1, 0.15) is 0 Å². The van der Waals surface area contributed by atoms with E-state index < -0.39 is 0 Å². The number of piperidine rings is 1. The zero-order chi connectivity index (χ0) is 22.7. The lowest BCUT2D eigenvalue weighted by Gasteiger charge is -2.26. The number of nitrogens with one attached hydrogen (secondary N) is 2. The molecule has 1 amide bonds. The molecule has 1 saturated heterocycles. The Kier molecular flexibility index (Phi) is 7.64. The molecule has 0 radical (unpaired) electrons. The molecular weight excluding hydrogens is 490 g/mol. The van der Waals surface area contributed by atoms with Crippen molar-refractivity contribution < 1.29 is 4.79 Å². The number of rotatable bonds is 6. The zero-order valence-corrected chi connectivity index (χ0v) is 20.3. The van der Waals surface area contributed by atoms with Crippen molar-refractivity contribution in [3.63, 3.8) is 0 Å². The van der Waals surface area contributed by atoms with Crippen LogP contribution in [0.5, 0.6) is 0 Å². The van der Waals surface area contributed by atoms with Crippen LogP contribution in [0.4, 0.5) is 0 Å². The Morgan fingerprint density at radius 3 is 2.09 bits per heavy atom. The lowest BCUT2D eigenvalue weighted by molar-refractivity contribution is 0.0739. The second-order valence-corrected chi connectivity index (χ2v) is 9.51. The highest BCUT2D eigenvalue weighted by molar-refractivity contribution is 6.35. The molecule has 0 atom stereocenters. The van der Waals surface area contributed by atoms with Crippen molar-refractivity contribution in [1.82, 2.24) is 20.4 Å². The summed E-state index contributed by atoms with van der Waals surface area (Å²) < 4.78 is 0. The van der Waals surface area contributed by atoms with Crippen LogP contribution in [0.25, 0.3) is 0 Å². The van der Waals surface area contributed by atoms with Crippen LogP contribution >= 0.6 is 46.4 Å². The molecule has 2 heterocycles. The lowest BCUT2D eigenvalue weighted by Crippen LogP contribution is -2.45. The van der Waals surface area contributed by atoms with Gasteiger partial charge < -0.3 is 4.98 Å². The van der Waals surface area contributed by atoms with Gasteiger partial charge in [-0.1, -0.05) is 65.0 Å². The summed E-state index contributed by atoms with van der Waals surface area (Å²) in [6.07, 6.45) is 4.24. The molecule has 4 rings (SSSR count). The molecule has 5 nitrogen and oxygen atoms in total. The maximum atomic E-state index is 12.9. The van der Waals surface area contributed by atoms with Gasteiger partial charge in [-0.15, -0.1) is 0 Å². The molecule has 0 spiro atoms. The maximum Gasteiger partial charge on any atom is 0.301 e. The summed E-state index contributed by atoms with van der Waals surface area (Å²) in [5, 5.41) is 4.19. The molecule has 9 heteroatoms. The van der Waals surface area contributed by atoms with E-state index in [2.05, 4.69) is 15.4 Å². The van der Waals surface area contributed by atoms with Gasteiger partial charge in [-0.05, 0) is 48.2 Å². The van der Waals surface area contributed by atoms with Gasteiger partial charge in [-0.25, -0.2) is 9.99 Å². The van der Waals surface area contributed by atoms with E-state index in [1.165, 1.54) is 6.42 Å². The molecule has 1 aliphatic rings. The van der Waals surface area contributed by atoms with Crippen molar-refractivity contribution in [3.05, 3.63) is 84.8 Å². The van der Waals surface area contributed by atoms with Crippen LogP contribution in [-0.4, -0.2) is 34.0 Å². The molecule has 1 aromatic heterocycles. The van der Waals surface area contributed by atoms with Crippen LogP contribution in [0.15, 0.2) is 36.4 Å². The van der Waals surface area contributed by atoms with E-state index >= 15 is 0 Å². The number of carbonyl (C=O) groups is 1. The number of aromatic amines is 1. The van der Waals surface area contributed by atoms with Gasteiger partial charge in [0.2, 0.25) is 0 Å². The Labute approximate surface area is 207 Å². The molecule has 0 bridgehead atoms. The first kappa shape index (κ1) is 23.4. The van der Waals surface area contributed by atoms with Crippen LogP contribution in [0.2, 0.25) is 20.1 Å². The van der Waals surface area contributed by atoms with Gasteiger partial charge in [0.05, 0.1) is 5.69 Å². The fourth-order valence-corrected chi connectivity index (χ4v) is 4.70. The normalized spacial score (nSPS) is 14.5. The Bertz CT molecular complexity index is 1050. The average Bonchev–Trinajstić information content (AvgIpc) is 3.15. The molecule has 1 fully saturated rings. The van der Waals surface area contributed by atoms with Gasteiger partial charge in [-0.2, -0.15) is 0 Å². The molecule has 1 aliphatic heterocycles. The summed E-state index contributed by atoms with van der Waals surface area (Å²) in [5.74, 6) is -0.000415. The third-order valence-corrected chi connectivity index (χ3v) is 6.62. The number of benzene rings is 2. The van der Waals surface area contributed by atoms with Crippen molar-refractivity contribution in [2.45, 2.75) is 32.1 Å². The molecule has 2 N–H and O–H groups in total. The van der Waals surface area contributed by atoms with E-state index in [-0.39, 0.29) is 11.7 Å². The summed E-state index contributed by atoms with van der Waals surface area (Å²) in [6, 6.07) is 10.7. The van der Waals surface area contributed by atoms with Gasteiger partial charge >= 0.3 is 5.91 Å². The standard InChI is InChI=1S/C23H22Cl4N4O/c24-16-6-4-14(18(26)12-16)10-20-21(11-15-5-7-17(25)13-19(15)27)29-22(28-20)23(32)30-31-8-2-1-3-9-31/h4-7,12-13H,1-3,8-11H2,(H,28,29)(H,30,32). The fourth-order valence-electron chi connectivity index (χ4n) is 3.75. The minimum Gasteiger partial charge on any atom is -0.337 e. The van der Waals surface area contributed by atoms with Crippen molar-refractivity contribution in [1.29, 1.82) is 0 Å². The Hall–Kier alpha value is -1.76. The Balaban J connectivity index is 1.63. The van der Waals surface area contributed by atoms with E-state index in [0.717, 1.165) is 48.4 Å². The monoisotopic (exact) mass is 510 g/mol. The van der Waals surface area contributed by atoms with Crippen molar-refractivity contribution in [3.8, 4) is 0 Å². The third kappa shape index (κ3) is 5.77. The SMILES string of the molecule is O=C(NN1CCCCC1)c1nc(Cc2ccc(Cl)cc2Cl)c(Cc2ccc(Cl)cc2Cl)[nH]1. The van der Waals surface area contributed by atoms with Crippen molar-refractivity contribution in [2.75, 3.05) is 13.1 Å². The summed E-state index contributed by atoms with van der Waals surface area (Å²) in [7, 11) is 0. The number of halogens is 4. The number of nitrogens with zero attached hydrogens (tertiary/aromatic N) is 2. The van der Waals surface area contributed by atoms with Crippen LogP contribution in [0, 0.1) is 0 Å². The summed E-state index contributed by atoms with van der Waals surface area (Å²) >= 11 is 24.9. The first-order valence-electron chi connectivity index (χ1n) is 10.4. The molecule has 0 unspecified atom stereocenters. The number of H-pyrrole nitrogens is 1. The van der Waals surface area contributed by atoms with E-state index in [1.54, 1.807) is 24.3 Å². The second-order valence-electron chi connectivity index (χ2n) is 7.82. The molecule has 32 heavy (non-hydrogen) atoms. The number of hydrogen-bond donors (Lipinski definition) is 2. The fraction of sp³-hybridized carbons (Fsp3) is 0.304. The number of hydrogen-bond acceptors (Lipinski definition) is 3. The average molecular weight is 512 g/mol. The topological polar surface area (TPSA) is 61.0 Å².